The van der Waals surface area contributed by atoms with Gasteiger partial charge < -0.3 is 15.5 Å². The standard InChI is InChI=1S/C20H30N4O.HI/c1-15-7-9-18(10-8-15)23-20(21-2)22-13-19(25)24-12-11-16-5-3-4-6-17(16)14-24;/h3-6,15,18H,7-14H2,1-2H3,(H2,21,22,23);1H. The Labute approximate surface area is 174 Å². The van der Waals surface area contributed by atoms with Crippen LogP contribution < -0.4 is 10.6 Å². The van der Waals surface area contributed by atoms with Crippen LogP contribution in [-0.2, 0) is 17.8 Å². The maximum Gasteiger partial charge on any atom is 0.242 e. The Bertz CT molecular complexity index is 626. The minimum Gasteiger partial charge on any atom is -0.354 e. The Kier molecular flexibility index (Phi) is 8.18. The highest BCUT2D eigenvalue weighted by molar-refractivity contribution is 14.0. The van der Waals surface area contributed by atoms with E-state index in [1.807, 2.05) is 11.0 Å². The van der Waals surface area contributed by atoms with E-state index in [9.17, 15) is 4.79 Å². The van der Waals surface area contributed by atoms with E-state index < -0.39 is 0 Å². The summed E-state index contributed by atoms with van der Waals surface area (Å²) in [6.45, 7) is 4.12. The number of hydrogen-bond acceptors (Lipinski definition) is 2. The maximum absolute atomic E-state index is 12.5. The first-order valence-electron chi connectivity index (χ1n) is 9.47. The molecule has 0 unspecified atom stereocenters. The van der Waals surface area contributed by atoms with Gasteiger partial charge >= 0.3 is 0 Å². The zero-order valence-electron chi connectivity index (χ0n) is 15.8. The van der Waals surface area contributed by atoms with Crippen molar-refractivity contribution >= 4 is 35.8 Å². The van der Waals surface area contributed by atoms with Crippen molar-refractivity contribution in [3.8, 4) is 0 Å². The maximum atomic E-state index is 12.5. The molecule has 1 saturated carbocycles. The predicted octanol–water partition coefficient (Wildman–Crippen LogP) is 2.93. The van der Waals surface area contributed by atoms with E-state index in [2.05, 4.69) is 40.7 Å². The third-order valence-corrected chi connectivity index (χ3v) is 5.47. The van der Waals surface area contributed by atoms with Gasteiger partial charge in [-0.15, -0.1) is 24.0 Å². The number of rotatable bonds is 3. The molecule has 0 saturated heterocycles. The molecule has 1 aliphatic heterocycles. The van der Waals surface area contributed by atoms with Crippen LogP contribution in [0.1, 0.15) is 43.7 Å². The lowest BCUT2D eigenvalue weighted by atomic mass is 9.87. The summed E-state index contributed by atoms with van der Waals surface area (Å²) in [7, 11) is 1.77. The van der Waals surface area contributed by atoms with Crippen molar-refractivity contribution in [2.75, 3.05) is 20.1 Å². The quantitative estimate of drug-likeness (QED) is 0.406. The van der Waals surface area contributed by atoms with Crippen LogP contribution in [0.4, 0.5) is 0 Å². The summed E-state index contributed by atoms with van der Waals surface area (Å²) in [5.41, 5.74) is 2.63. The summed E-state index contributed by atoms with van der Waals surface area (Å²) in [5, 5.41) is 6.66. The van der Waals surface area contributed by atoms with Crippen LogP contribution in [0.25, 0.3) is 0 Å². The Morgan fingerprint density at radius 1 is 1.19 bits per heavy atom. The number of nitrogens with one attached hydrogen (secondary N) is 2. The Morgan fingerprint density at radius 2 is 1.88 bits per heavy atom. The molecular formula is C20H31IN4O. The van der Waals surface area contributed by atoms with Gasteiger partial charge in [-0.3, -0.25) is 9.79 Å². The van der Waals surface area contributed by atoms with E-state index in [-0.39, 0.29) is 29.9 Å². The highest BCUT2D eigenvalue weighted by Gasteiger charge is 2.22. The first-order chi connectivity index (χ1) is 12.2. The van der Waals surface area contributed by atoms with Crippen LogP contribution in [0.3, 0.4) is 0 Å². The minimum atomic E-state index is 0. The number of nitrogens with zero attached hydrogens (tertiary/aromatic N) is 2. The van der Waals surface area contributed by atoms with Crippen molar-refractivity contribution in [3.63, 3.8) is 0 Å². The van der Waals surface area contributed by atoms with Crippen LogP contribution in [0.2, 0.25) is 0 Å². The third-order valence-electron chi connectivity index (χ3n) is 5.47. The zero-order valence-corrected chi connectivity index (χ0v) is 18.2. The average Bonchev–Trinajstić information content (AvgIpc) is 2.66. The number of hydrogen-bond donors (Lipinski definition) is 2. The van der Waals surface area contributed by atoms with Crippen LogP contribution in [-0.4, -0.2) is 42.9 Å². The predicted molar refractivity (Wildman–Crippen MR) is 117 cm³/mol. The summed E-state index contributed by atoms with van der Waals surface area (Å²) >= 11 is 0. The number of benzene rings is 1. The number of aliphatic imine (C=N–C) groups is 1. The van der Waals surface area contributed by atoms with Crippen molar-refractivity contribution in [1.82, 2.24) is 15.5 Å². The second-order valence-corrected chi connectivity index (χ2v) is 7.36. The lowest BCUT2D eigenvalue weighted by Gasteiger charge is -2.30. The van der Waals surface area contributed by atoms with Gasteiger partial charge in [-0.1, -0.05) is 31.2 Å². The van der Waals surface area contributed by atoms with Gasteiger partial charge in [0.15, 0.2) is 5.96 Å². The smallest absolute Gasteiger partial charge is 0.242 e. The van der Waals surface area contributed by atoms with Gasteiger partial charge in [-0.25, -0.2) is 0 Å². The lowest BCUT2D eigenvalue weighted by Crippen LogP contribution is -2.48. The second kappa shape index (κ2) is 10.1. The van der Waals surface area contributed by atoms with Gasteiger partial charge in [0, 0.05) is 26.2 Å². The first-order valence-corrected chi connectivity index (χ1v) is 9.47. The number of amides is 1. The molecule has 0 aromatic heterocycles. The van der Waals surface area contributed by atoms with E-state index in [0.717, 1.165) is 24.8 Å². The average molecular weight is 470 g/mol. The summed E-state index contributed by atoms with van der Waals surface area (Å²) in [6, 6.07) is 8.86. The fraction of sp³-hybridized carbons (Fsp3) is 0.600. The molecule has 3 rings (SSSR count). The molecule has 0 radical (unpaired) electrons. The molecule has 1 aromatic carbocycles. The summed E-state index contributed by atoms with van der Waals surface area (Å²) in [4.78, 5) is 18.8. The highest BCUT2D eigenvalue weighted by atomic mass is 127. The van der Waals surface area contributed by atoms with Crippen molar-refractivity contribution in [2.24, 2.45) is 10.9 Å². The van der Waals surface area contributed by atoms with Gasteiger partial charge in [0.25, 0.3) is 0 Å². The van der Waals surface area contributed by atoms with Crippen molar-refractivity contribution in [2.45, 2.75) is 51.6 Å². The molecule has 1 heterocycles. The van der Waals surface area contributed by atoms with Crippen LogP contribution in [0, 0.1) is 5.92 Å². The molecule has 0 bridgehead atoms. The van der Waals surface area contributed by atoms with Gasteiger partial charge in [-0.2, -0.15) is 0 Å². The van der Waals surface area contributed by atoms with Gasteiger partial charge in [-0.05, 0) is 49.1 Å². The molecule has 6 heteroatoms. The molecule has 144 valence electrons. The number of fused-ring (bicyclic) bond motifs is 1. The largest absolute Gasteiger partial charge is 0.354 e. The van der Waals surface area contributed by atoms with Crippen molar-refractivity contribution in [1.29, 1.82) is 0 Å². The fourth-order valence-corrected chi connectivity index (χ4v) is 3.77. The minimum absolute atomic E-state index is 0. The summed E-state index contributed by atoms with van der Waals surface area (Å²) in [6.07, 6.45) is 5.83. The summed E-state index contributed by atoms with van der Waals surface area (Å²) in [5.74, 6) is 1.71. The first kappa shape index (κ1) is 21.0. The Morgan fingerprint density at radius 3 is 2.58 bits per heavy atom. The van der Waals surface area contributed by atoms with Gasteiger partial charge in [0.1, 0.15) is 0 Å². The van der Waals surface area contributed by atoms with E-state index in [0.29, 0.717) is 19.1 Å². The molecular weight excluding hydrogens is 439 g/mol. The van der Waals surface area contributed by atoms with Crippen LogP contribution >= 0.6 is 24.0 Å². The molecule has 1 aliphatic carbocycles. The van der Waals surface area contributed by atoms with Gasteiger partial charge in [0.2, 0.25) is 5.91 Å². The van der Waals surface area contributed by atoms with E-state index in [4.69, 9.17) is 0 Å². The monoisotopic (exact) mass is 470 g/mol. The van der Waals surface area contributed by atoms with Crippen LogP contribution in [0.5, 0.6) is 0 Å². The number of carbonyl (C=O) groups is 1. The SMILES string of the molecule is CN=C(NCC(=O)N1CCc2ccccc2C1)NC1CCC(C)CC1.I. The van der Waals surface area contributed by atoms with E-state index >= 15 is 0 Å². The Balaban J connectivity index is 0.00000243. The molecule has 1 amide bonds. The topological polar surface area (TPSA) is 56.7 Å². The molecule has 0 atom stereocenters. The Hall–Kier alpha value is -1.31. The second-order valence-electron chi connectivity index (χ2n) is 7.36. The van der Waals surface area contributed by atoms with Crippen molar-refractivity contribution in [3.05, 3.63) is 35.4 Å². The van der Waals surface area contributed by atoms with Crippen LogP contribution in [0.15, 0.2) is 29.3 Å². The number of carbonyl (C=O) groups excluding carboxylic acids is 1. The molecule has 2 aliphatic rings. The molecule has 26 heavy (non-hydrogen) atoms. The highest BCUT2D eigenvalue weighted by Crippen LogP contribution is 2.23. The van der Waals surface area contributed by atoms with Crippen molar-refractivity contribution < 1.29 is 4.79 Å². The molecule has 2 N–H and O–H groups in total. The summed E-state index contributed by atoms with van der Waals surface area (Å²) < 4.78 is 0. The zero-order chi connectivity index (χ0) is 17.6. The normalized spacial score (nSPS) is 22.8. The number of guanidine groups is 1. The third kappa shape index (κ3) is 5.59. The lowest BCUT2D eigenvalue weighted by molar-refractivity contribution is -0.130. The van der Waals surface area contributed by atoms with E-state index in [1.165, 1.54) is 36.8 Å². The van der Waals surface area contributed by atoms with Gasteiger partial charge in [0.05, 0.1) is 6.54 Å². The molecule has 1 aromatic rings. The molecule has 0 spiro atoms. The fourth-order valence-electron chi connectivity index (χ4n) is 3.77. The molecule has 1 fully saturated rings. The van der Waals surface area contributed by atoms with E-state index in [1.54, 1.807) is 7.05 Å². The number of halogens is 1. The molecule has 5 nitrogen and oxygen atoms in total.